The number of carbonyl (C=O) groups excluding carboxylic acids is 1. The van der Waals surface area contributed by atoms with Crippen molar-refractivity contribution in [3.05, 3.63) is 70.0 Å². The summed E-state index contributed by atoms with van der Waals surface area (Å²) in [5.41, 5.74) is 3.88. The second kappa shape index (κ2) is 7.91. The highest BCUT2D eigenvalue weighted by Gasteiger charge is 2.67. The Balaban J connectivity index is 1.93. The van der Waals surface area contributed by atoms with Crippen molar-refractivity contribution in [2.24, 2.45) is 11.7 Å². The van der Waals surface area contributed by atoms with Gasteiger partial charge >= 0.3 is 0 Å². The van der Waals surface area contributed by atoms with Gasteiger partial charge in [0.05, 0.1) is 10.5 Å². The van der Waals surface area contributed by atoms with Crippen LogP contribution < -0.4 is 10.5 Å². The van der Waals surface area contributed by atoms with Crippen molar-refractivity contribution in [1.82, 2.24) is 25.3 Å². The van der Waals surface area contributed by atoms with Gasteiger partial charge in [-0.3, -0.25) is 4.79 Å². The highest BCUT2D eigenvalue weighted by atomic mass is 32.2. The summed E-state index contributed by atoms with van der Waals surface area (Å²) in [6.45, 7) is 7.16. The molecule has 1 saturated carbocycles. The fourth-order valence-corrected chi connectivity index (χ4v) is 6.86. The largest absolute Gasteiger partial charge is 0.366 e. The van der Waals surface area contributed by atoms with Crippen LogP contribution in [-0.2, 0) is 21.0 Å². The molecular weight excluding hydrogens is 466 g/mol. The predicted octanol–water partition coefficient (Wildman–Crippen LogP) is 2.37. The number of nitrogens with two attached hydrogens (primary N) is 1. The third kappa shape index (κ3) is 3.31. The molecule has 1 fully saturated rings. The molecule has 180 valence electrons. The van der Waals surface area contributed by atoms with E-state index in [1.54, 1.807) is 26.8 Å². The molecule has 1 heterocycles. The van der Waals surface area contributed by atoms with Crippen molar-refractivity contribution in [3.8, 4) is 0 Å². The summed E-state index contributed by atoms with van der Waals surface area (Å²) in [4.78, 5) is 11.2. The van der Waals surface area contributed by atoms with E-state index in [1.165, 1.54) is 6.07 Å². The quantitative estimate of drug-likeness (QED) is 0.484. The average molecular weight is 491 g/mol. The first-order valence-corrected chi connectivity index (χ1v) is 12.0. The molecule has 2 aromatic carbocycles. The van der Waals surface area contributed by atoms with Gasteiger partial charge in [0.25, 0.3) is 5.91 Å². The second-order valence-corrected chi connectivity index (χ2v) is 10.6. The van der Waals surface area contributed by atoms with Gasteiger partial charge in [-0.1, -0.05) is 25.1 Å². The fraction of sp³-hybridized carbons (Fsp3) is 0.364. The van der Waals surface area contributed by atoms with Crippen molar-refractivity contribution in [2.75, 3.05) is 0 Å². The summed E-state index contributed by atoms with van der Waals surface area (Å²) in [5, 5.41) is 14.1. The van der Waals surface area contributed by atoms with Crippen molar-refractivity contribution in [3.63, 3.8) is 0 Å². The summed E-state index contributed by atoms with van der Waals surface area (Å²) in [7, 11) is -4.39. The Labute approximate surface area is 195 Å². The van der Waals surface area contributed by atoms with E-state index in [1.807, 2.05) is 6.92 Å². The molecule has 4 rings (SSSR count). The van der Waals surface area contributed by atoms with Crippen LogP contribution in [0.2, 0.25) is 0 Å². The highest BCUT2D eigenvalue weighted by Crippen LogP contribution is 2.61. The Morgan fingerprint density at radius 1 is 1.21 bits per heavy atom. The van der Waals surface area contributed by atoms with E-state index < -0.39 is 44.1 Å². The van der Waals surface area contributed by atoms with Crippen LogP contribution in [0.3, 0.4) is 0 Å². The lowest BCUT2D eigenvalue weighted by molar-refractivity contribution is -0.00987. The number of primary amides is 1. The van der Waals surface area contributed by atoms with Crippen molar-refractivity contribution < 1.29 is 22.0 Å². The monoisotopic (exact) mass is 490 g/mol. The number of carbonyl (C=O) groups is 1. The van der Waals surface area contributed by atoms with Crippen LogP contribution in [0.4, 0.5) is 8.78 Å². The zero-order valence-electron chi connectivity index (χ0n) is 19.0. The number of benzene rings is 2. The molecular formula is C22H24F2N6O3S. The summed E-state index contributed by atoms with van der Waals surface area (Å²) in [6.07, 6.45) is 0.418. The number of aryl methyl sites for hydroxylation is 1. The molecule has 3 aromatic rings. The van der Waals surface area contributed by atoms with Crippen LogP contribution in [0.1, 0.15) is 53.1 Å². The van der Waals surface area contributed by atoms with E-state index in [9.17, 15) is 17.6 Å². The summed E-state index contributed by atoms with van der Waals surface area (Å²) in [5.74, 6) is -2.88. The fourth-order valence-electron chi connectivity index (χ4n) is 5.28. The molecule has 1 aliphatic rings. The van der Waals surface area contributed by atoms with Gasteiger partial charge < -0.3 is 5.73 Å². The molecule has 9 nitrogen and oxygen atoms in total. The normalized spacial score (nSPS) is 24.6. The van der Waals surface area contributed by atoms with E-state index in [0.717, 1.165) is 23.8 Å². The van der Waals surface area contributed by atoms with Crippen LogP contribution in [0.5, 0.6) is 0 Å². The maximum Gasteiger partial charge on any atom is 0.251 e. The molecule has 34 heavy (non-hydrogen) atoms. The maximum absolute atomic E-state index is 15.3. The van der Waals surface area contributed by atoms with E-state index in [4.69, 9.17) is 5.73 Å². The van der Waals surface area contributed by atoms with Crippen LogP contribution in [0, 0.1) is 31.4 Å². The van der Waals surface area contributed by atoms with Gasteiger partial charge in [-0.25, -0.2) is 17.2 Å². The number of nitrogens with zero attached hydrogens (tertiary/aromatic N) is 3. The smallest absolute Gasteiger partial charge is 0.251 e. The number of H-pyrrole nitrogens is 1. The molecule has 1 aromatic heterocycles. The third-order valence-electron chi connectivity index (χ3n) is 7.07. The van der Waals surface area contributed by atoms with Gasteiger partial charge in [0, 0.05) is 5.41 Å². The van der Waals surface area contributed by atoms with Crippen molar-refractivity contribution >= 4 is 15.9 Å². The maximum atomic E-state index is 15.3. The molecule has 12 heteroatoms. The minimum Gasteiger partial charge on any atom is -0.366 e. The summed E-state index contributed by atoms with van der Waals surface area (Å²) >= 11 is 0. The Morgan fingerprint density at radius 2 is 1.88 bits per heavy atom. The number of halogens is 2. The first kappa shape index (κ1) is 23.9. The molecule has 1 unspecified atom stereocenters. The van der Waals surface area contributed by atoms with Gasteiger partial charge in [0.1, 0.15) is 17.2 Å². The lowest BCUT2D eigenvalue weighted by atomic mass is 9.46. The SMILES string of the molecule is Cc1ccc(F)c([C@@]2(C)CC(C)[C@]2(NS(=O)(=O)c2ccc(F)c(C(N)=O)c2)c2nn[nH]n2)c1C. The van der Waals surface area contributed by atoms with Crippen molar-refractivity contribution in [1.29, 1.82) is 0 Å². The van der Waals surface area contributed by atoms with Gasteiger partial charge in [-0.15, -0.1) is 10.2 Å². The molecule has 0 bridgehead atoms. The molecule has 0 aliphatic heterocycles. The minimum atomic E-state index is -4.39. The first-order valence-electron chi connectivity index (χ1n) is 10.5. The number of hydrogen-bond acceptors (Lipinski definition) is 6. The zero-order chi connectivity index (χ0) is 25.1. The van der Waals surface area contributed by atoms with E-state index in [0.29, 0.717) is 17.5 Å². The molecule has 0 radical (unpaired) electrons. The average Bonchev–Trinajstić information content (AvgIpc) is 3.29. The van der Waals surface area contributed by atoms with E-state index in [2.05, 4.69) is 25.3 Å². The molecule has 4 N–H and O–H groups in total. The summed E-state index contributed by atoms with van der Waals surface area (Å²) < 4.78 is 59.0. The second-order valence-electron chi connectivity index (χ2n) is 8.96. The number of tetrazole rings is 1. The standard InChI is InChI=1S/C22H24F2N6O3S/c1-11-5-7-17(24)18(13(11)3)21(4)10-12(2)22(21,20-26-29-30-27-20)28-34(32,33)14-6-8-16(23)15(9-14)19(25)31/h5-9,12,28H,10H2,1-4H3,(H2,25,31)(H,26,27,29,30)/t12?,21-,22+/m1/s1. The van der Waals surface area contributed by atoms with Gasteiger partial charge in [-0.05, 0) is 67.1 Å². The highest BCUT2D eigenvalue weighted by molar-refractivity contribution is 7.89. The van der Waals surface area contributed by atoms with Gasteiger partial charge in [0.2, 0.25) is 10.0 Å². The van der Waals surface area contributed by atoms with E-state index in [-0.39, 0.29) is 16.6 Å². The zero-order valence-corrected chi connectivity index (χ0v) is 19.8. The number of amides is 1. The van der Waals surface area contributed by atoms with Crippen molar-refractivity contribution in [2.45, 2.75) is 50.0 Å². The van der Waals surface area contributed by atoms with E-state index >= 15 is 4.39 Å². The third-order valence-corrected chi connectivity index (χ3v) is 8.53. The van der Waals surface area contributed by atoms with Crippen LogP contribution in [-0.4, -0.2) is 34.9 Å². The summed E-state index contributed by atoms with van der Waals surface area (Å²) in [6, 6.07) is 5.74. The molecule has 0 spiro atoms. The Bertz CT molecular complexity index is 1400. The van der Waals surface area contributed by atoms with Crippen LogP contribution in [0.15, 0.2) is 35.2 Å². The predicted molar refractivity (Wildman–Crippen MR) is 118 cm³/mol. The number of hydrogen-bond donors (Lipinski definition) is 3. The number of nitrogens with one attached hydrogen (secondary N) is 2. The molecule has 0 saturated heterocycles. The molecule has 3 atom stereocenters. The van der Waals surface area contributed by atoms with Crippen LogP contribution in [0.25, 0.3) is 0 Å². The first-order chi connectivity index (χ1) is 15.8. The number of aromatic amines is 1. The van der Waals surface area contributed by atoms with Crippen LogP contribution >= 0.6 is 0 Å². The molecule has 1 amide bonds. The lowest BCUT2D eigenvalue weighted by Gasteiger charge is -2.61. The number of sulfonamides is 1. The topological polar surface area (TPSA) is 144 Å². The van der Waals surface area contributed by atoms with Gasteiger partial charge in [0.15, 0.2) is 5.82 Å². The lowest BCUT2D eigenvalue weighted by Crippen LogP contribution is -2.71. The minimum absolute atomic E-state index is 0.0369. The number of rotatable bonds is 6. The molecule has 1 aliphatic carbocycles. The Kier molecular flexibility index (Phi) is 5.56. The number of aromatic nitrogens is 4. The Hall–Kier alpha value is -3.25. The Morgan fingerprint density at radius 3 is 2.47 bits per heavy atom. The van der Waals surface area contributed by atoms with Gasteiger partial charge in [-0.2, -0.15) is 9.94 Å².